The third kappa shape index (κ3) is 6.59. The fraction of sp³-hybridized carbons (Fsp3) is 0.364. The smallest absolute Gasteiger partial charge is 0.270 e. The van der Waals surface area contributed by atoms with Crippen molar-refractivity contribution in [2.24, 2.45) is 0 Å². The van der Waals surface area contributed by atoms with Gasteiger partial charge in [-0.25, -0.2) is 0 Å². The first kappa shape index (κ1) is 22.4. The van der Waals surface area contributed by atoms with Gasteiger partial charge in [0.15, 0.2) is 0 Å². The first-order valence-corrected chi connectivity index (χ1v) is 10.2. The maximum atomic E-state index is 12.6. The zero-order chi connectivity index (χ0) is 22.2. The SMILES string of the molecule is CN1CCN(CC(NC(=O)CNC(=O)c2cccc([N+](=O)[O-])c2)c2ccccc2)CC1. The molecule has 2 N–H and O–H groups in total. The van der Waals surface area contributed by atoms with E-state index in [1.165, 1.54) is 24.3 Å². The van der Waals surface area contributed by atoms with Crippen LogP contribution in [0, 0.1) is 10.1 Å². The van der Waals surface area contributed by atoms with E-state index >= 15 is 0 Å². The molecule has 0 aliphatic carbocycles. The van der Waals surface area contributed by atoms with Gasteiger partial charge in [0.25, 0.3) is 11.6 Å². The highest BCUT2D eigenvalue weighted by Gasteiger charge is 2.21. The molecule has 1 heterocycles. The highest BCUT2D eigenvalue weighted by molar-refractivity contribution is 5.97. The van der Waals surface area contributed by atoms with Gasteiger partial charge in [0.1, 0.15) is 0 Å². The number of amides is 2. The first-order valence-electron chi connectivity index (χ1n) is 10.2. The van der Waals surface area contributed by atoms with E-state index in [1.807, 2.05) is 30.3 Å². The molecular formula is C22H27N5O4. The normalized spacial score (nSPS) is 15.8. The second-order valence-corrected chi connectivity index (χ2v) is 7.62. The minimum atomic E-state index is -0.563. The minimum absolute atomic E-state index is 0.138. The van der Waals surface area contributed by atoms with E-state index in [2.05, 4.69) is 27.5 Å². The Balaban J connectivity index is 1.59. The van der Waals surface area contributed by atoms with Gasteiger partial charge in [-0.1, -0.05) is 36.4 Å². The lowest BCUT2D eigenvalue weighted by atomic mass is 10.1. The third-order valence-corrected chi connectivity index (χ3v) is 5.30. The van der Waals surface area contributed by atoms with Crippen molar-refractivity contribution in [3.63, 3.8) is 0 Å². The number of nitrogens with zero attached hydrogens (tertiary/aromatic N) is 3. The molecule has 0 bridgehead atoms. The summed E-state index contributed by atoms with van der Waals surface area (Å²) in [6, 6.07) is 15.0. The molecule has 9 heteroatoms. The summed E-state index contributed by atoms with van der Waals surface area (Å²) in [6.07, 6.45) is 0. The van der Waals surface area contributed by atoms with Crippen LogP contribution in [0.5, 0.6) is 0 Å². The van der Waals surface area contributed by atoms with Gasteiger partial charge < -0.3 is 15.5 Å². The van der Waals surface area contributed by atoms with Crippen LogP contribution in [0.15, 0.2) is 54.6 Å². The van der Waals surface area contributed by atoms with Crippen molar-refractivity contribution in [1.29, 1.82) is 0 Å². The number of hydrogen-bond donors (Lipinski definition) is 2. The third-order valence-electron chi connectivity index (χ3n) is 5.30. The van der Waals surface area contributed by atoms with Crippen molar-refractivity contribution in [1.82, 2.24) is 20.4 Å². The number of carbonyl (C=O) groups excluding carboxylic acids is 2. The van der Waals surface area contributed by atoms with E-state index in [4.69, 9.17) is 0 Å². The molecule has 3 rings (SSSR count). The molecule has 1 aliphatic heterocycles. The number of nitro benzene ring substituents is 1. The highest BCUT2D eigenvalue weighted by Crippen LogP contribution is 2.16. The topological polar surface area (TPSA) is 108 Å². The minimum Gasteiger partial charge on any atom is -0.346 e. The quantitative estimate of drug-likeness (QED) is 0.489. The second kappa shape index (κ2) is 10.6. The van der Waals surface area contributed by atoms with E-state index in [-0.39, 0.29) is 29.7 Å². The molecule has 2 aromatic carbocycles. The number of hydrogen-bond acceptors (Lipinski definition) is 6. The van der Waals surface area contributed by atoms with Crippen LogP contribution in [-0.4, -0.2) is 72.9 Å². The molecule has 0 aromatic heterocycles. The lowest BCUT2D eigenvalue weighted by Gasteiger charge is -2.35. The van der Waals surface area contributed by atoms with Crippen LogP contribution in [-0.2, 0) is 4.79 Å². The Morgan fingerprint density at radius 3 is 2.45 bits per heavy atom. The lowest BCUT2D eigenvalue weighted by molar-refractivity contribution is -0.384. The van der Waals surface area contributed by atoms with Gasteiger partial charge in [0, 0.05) is 50.4 Å². The van der Waals surface area contributed by atoms with Gasteiger partial charge in [-0.05, 0) is 18.7 Å². The van der Waals surface area contributed by atoms with Crippen molar-refractivity contribution >= 4 is 17.5 Å². The molecule has 31 heavy (non-hydrogen) atoms. The standard InChI is InChI=1S/C22H27N5O4/c1-25-10-12-26(13-11-25)16-20(17-6-3-2-4-7-17)24-21(28)15-23-22(29)18-8-5-9-19(14-18)27(30)31/h2-9,14,20H,10-13,15-16H2,1H3,(H,23,29)(H,24,28). The molecule has 2 amide bonds. The number of rotatable bonds is 8. The van der Waals surface area contributed by atoms with Crippen LogP contribution >= 0.6 is 0 Å². The Labute approximate surface area is 181 Å². The second-order valence-electron chi connectivity index (χ2n) is 7.62. The number of likely N-dealkylation sites (N-methyl/N-ethyl adjacent to an activating group) is 1. The summed E-state index contributed by atoms with van der Waals surface area (Å²) in [5.41, 5.74) is 0.965. The van der Waals surface area contributed by atoms with Crippen LogP contribution in [0.1, 0.15) is 22.0 Å². The Morgan fingerprint density at radius 2 is 1.77 bits per heavy atom. The summed E-state index contributed by atoms with van der Waals surface area (Å²) in [5, 5.41) is 16.4. The predicted molar refractivity (Wildman–Crippen MR) is 117 cm³/mol. The number of nitrogens with one attached hydrogen (secondary N) is 2. The van der Waals surface area contributed by atoms with Crippen LogP contribution < -0.4 is 10.6 Å². The van der Waals surface area contributed by atoms with E-state index in [1.54, 1.807) is 0 Å². The van der Waals surface area contributed by atoms with Crippen LogP contribution in [0.4, 0.5) is 5.69 Å². The Bertz CT molecular complexity index is 913. The number of non-ortho nitro benzene ring substituents is 1. The van der Waals surface area contributed by atoms with E-state index in [9.17, 15) is 19.7 Å². The lowest BCUT2D eigenvalue weighted by Crippen LogP contribution is -2.48. The van der Waals surface area contributed by atoms with Crippen LogP contribution in [0.25, 0.3) is 0 Å². The number of nitro groups is 1. The van der Waals surface area contributed by atoms with E-state index < -0.39 is 10.8 Å². The highest BCUT2D eigenvalue weighted by atomic mass is 16.6. The van der Waals surface area contributed by atoms with Crippen molar-refractivity contribution in [3.05, 3.63) is 75.8 Å². The van der Waals surface area contributed by atoms with E-state index in [0.29, 0.717) is 6.54 Å². The molecule has 1 unspecified atom stereocenters. The van der Waals surface area contributed by atoms with Crippen molar-refractivity contribution in [2.45, 2.75) is 6.04 Å². The summed E-state index contributed by atoms with van der Waals surface area (Å²) < 4.78 is 0. The monoisotopic (exact) mass is 425 g/mol. The molecule has 2 aromatic rings. The maximum absolute atomic E-state index is 12.6. The van der Waals surface area contributed by atoms with Gasteiger partial charge >= 0.3 is 0 Å². The van der Waals surface area contributed by atoms with Gasteiger partial charge in [-0.3, -0.25) is 24.6 Å². The van der Waals surface area contributed by atoms with Gasteiger partial charge in [-0.15, -0.1) is 0 Å². The van der Waals surface area contributed by atoms with Gasteiger partial charge in [-0.2, -0.15) is 0 Å². The fourth-order valence-electron chi connectivity index (χ4n) is 3.48. The summed E-state index contributed by atoms with van der Waals surface area (Å²) in [7, 11) is 2.10. The Hall–Kier alpha value is -3.30. The number of carbonyl (C=O) groups is 2. The molecule has 164 valence electrons. The van der Waals surface area contributed by atoms with Crippen LogP contribution in [0.3, 0.4) is 0 Å². The predicted octanol–water partition coefficient (Wildman–Crippen LogP) is 1.43. The molecule has 9 nitrogen and oxygen atoms in total. The summed E-state index contributed by atoms with van der Waals surface area (Å²) in [4.78, 5) is 39.8. The zero-order valence-electron chi connectivity index (χ0n) is 17.5. The van der Waals surface area contributed by atoms with Gasteiger partial charge in [0.05, 0.1) is 17.5 Å². The number of piperazine rings is 1. The zero-order valence-corrected chi connectivity index (χ0v) is 17.5. The summed E-state index contributed by atoms with van der Waals surface area (Å²) in [6.45, 7) is 4.29. The first-order chi connectivity index (χ1) is 14.9. The van der Waals surface area contributed by atoms with Crippen molar-refractivity contribution in [3.8, 4) is 0 Å². The molecule has 1 aliphatic rings. The molecule has 0 radical (unpaired) electrons. The molecule has 0 saturated carbocycles. The molecule has 0 spiro atoms. The van der Waals surface area contributed by atoms with Crippen molar-refractivity contribution in [2.75, 3.05) is 46.3 Å². The molecular weight excluding hydrogens is 398 g/mol. The average molecular weight is 425 g/mol. The van der Waals surface area contributed by atoms with Crippen molar-refractivity contribution < 1.29 is 14.5 Å². The molecule has 1 saturated heterocycles. The molecule has 1 fully saturated rings. The van der Waals surface area contributed by atoms with Gasteiger partial charge in [0.2, 0.25) is 5.91 Å². The number of benzene rings is 2. The molecule has 1 atom stereocenters. The average Bonchev–Trinajstić information content (AvgIpc) is 2.79. The Kier molecular flexibility index (Phi) is 7.69. The maximum Gasteiger partial charge on any atom is 0.270 e. The Morgan fingerprint density at radius 1 is 1.06 bits per heavy atom. The summed E-state index contributed by atoms with van der Waals surface area (Å²) >= 11 is 0. The largest absolute Gasteiger partial charge is 0.346 e. The fourth-order valence-corrected chi connectivity index (χ4v) is 3.48. The van der Waals surface area contributed by atoms with E-state index in [0.717, 1.165) is 31.7 Å². The van der Waals surface area contributed by atoms with Crippen LogP contribution in [0.2, 0.25) is 0 Å². The summed E-state index contributed by atoms with van der Waals surface area (Å²) in [5.74, 6) is -0.851.